The van der Waals surface area contributed by atoms with E-state index in [0.717, 1.165) is 25.7 Å². The first-order chi connectivity index (χ1) is 9.49. The van der Waals surface area contributed by atoms with E-state index < -0.39 is 10.2 Å². The zero-order valence-electron chi connectivity index (χ0n) is 13.0. The molecule has 20 heavy (non-hydrogen) atoms. The smallest absolute Gasteiger partial charge is 0.279 e. The van der Waals surface area contributed by atoms with Crippen LogP contribution < -0.4 is 10.5 Å². The molecule has 0 bridgehead atoms. The summed E-state index contributed by atoms with van der Waals surface area (Å²) in [6, 6.07) is 0.0177. The Hall–Kier alpha value is -0.170. The number of hydrogen-bond donors (Lipinski definition) is 2. The number of rotatable bonds is 9. The molecule has 120 valence electrons. The van der Waals surface area contributed by atoms with Gasteiger partial charge in [0.1, 0.15) is 0 Å². The molecule has 6 heteroatoms. The molecule has 0 aromatic heterocycles. The fourth-order valence-corrected chi connectivity index (χ4v) is 4.12. The van der Waals surface area contributed by atoms with E-state index in [4.69, 9.17) is 5.73 Å². The average Bonchev–Trinajstić information content (AvgIpc) is 2.43. The summed E-state index contributed by atoms with van der Waals surface area (Å²) < 4.78 is 28.9. The molecule has 0 aromatic rings. The van der Waals surface area contributed by atoms with Crippen molar-refractivity contribution in [3.63, 3.8) is 0 Å². The first kappa shape index (κ1) is 17.9. The van der Waals surface area contributed by atoms with Gasteiger partial charge >= 0.3 is 0 Å². The van der Waals surface area contributed by atoms with Crippen molar-refractivity contribution < 1.29 is 8.42 Å². The molecule has 1 unspecified atom stereocenters. The highest BCUT2D eigenvalue weighted by atomic mass is 32.2. The molecule has 0 saturated carbocycles. The molecule has 1 rings (SSSR count). The van der Waals surface area contributed by atoms with Crippen molar-refractivity contribution in [3.8, 4) is 0 Å². The molecular weight excluding hydrogens is 274 g/mol. The first-order valence-corrected chi connectivity index (χ1v) is 9.41. The summed E-state index contributed by atoms with van der Waals surface area (Å²) in [7, 11) is -3.31. The lowest BCUT2D eigenvalue weighted by molar-refractivity contribution is 0.274. The Morgan fingerprint density at radius 3 is 2.45 bits per heavy atom. The van der Waals surface area contributed by atoms with Crippen LogP contribution in [-0.2, 0) is 10.2 Å². The predicted octanol–water partition coefficient (Wildman–Crippen LogP) is 1.85. The molecule has 3 N–H and O–H groups in total. The SMILES string of the molecule is CCCCCCC(C)NS(=O)(=O)N1CCC(CN)CC1. The first-order valence-electron chi connectivity index (χ1n) is 7.97. The normalized spacial score (nSPS) is 20.1. The third-order valence-electron chi connectivity index (χ3n) is 4.09. The van der Waals surface area contributed by atoms with Crippen LogP contribution in [0.3, 0.4) is 0 Å². The molecule has 0 radical (unpaired) electrons. The van der Waals surface area contributed by atoms with Crippen LogP contribution in [0.2, 0.25) is 0 Å². The quantitative estimate of drug-likeness (QED) is 0.638. The molecule has 0 spiro atoms. The van der Waals surface area contributed by atoms with E-state index in [1.165, 1.54) is 19.3 Å². The van der Waals surface area contributed by atoms with Gasteiger partial charge in [-0.15, -0.1) is 0 Å². The highest BCUT2D eigenvalue weighted by molar-refractivity contribution is 7.87. The van der Waals surface area contributed by atoms with Crippen molar-refractivity contribution in [2.45, 2.75) is 64.8 Å². The third kappa shape index (κ3) is 6.08. The molecule has 0 aliphatic carbocycles. The lowest BCUT2D eigenvalue weighted by atomic mass is 9.99. The number of hydrogen-bond acceptors (Lipinski definition) is 3. The van der Waals surface area contributed by atoms with Crippen LogP contribution in [0.15, 0.2) is 0 Å². The molecule has 1 fully saturated rings. The Labute approximate surface area is 124 Å². The molecule has 1 saturated heterocycles. The van der Waals surface area contributed by atoms with Gasteiger partial charge < -0.3 is 5.73 Å². The van der Waals surface area contributed by atoms with Gasteiger partial charge in [0, 0.05) is 19.1 Å². The summed E-state index contributed by atoms with van der Waals surface area (Å²) in [5.41, 5.74) is 5.63. The van der Waals surface area contributed by atoms with Crippen molar-refractivity contribution in [2.24, 2.45) is 11.7 Å². The van der Waals surface area contributed by atoms with Crippen LogP contribution in [0, 0.1) is 5.92 Å². The van der Waals surface area contributed by atoms with E-state index in [0.29, 0.717) is 25.6 Å². The van der Waals surface area contributed by atoms with Gasteiger partial charge in [-0.1, -0.05) is 32.6 Å². The molecule has 0 aromatic carbocycles. The third-order valence-corrected chi connectivity index (χ3v) is 5.83. The van der Waals surface area contributed by atoms with Crippen molar-refractivity contribution >= 4 is 10.2 Å². The summed E-state index contributed by atoms with van der Waals surface area (Å²) >= 11 is 0. The minimum absolute atomic E-state index is 0.0177. The minimum Gasteiger partial charge on any atom is -0.330 e. The van der Waals surface area contributed by atoms with Gasteiger partial charge in [0.2, 0.25) is 0 Å². The average molecular weight is 305 g/mol. The van der Waals surface area contributed by atoms with Crippen molar-refractivity contribution in [1.29, 1.82) is 0 Å². The standard InChI is InChI=1S/C14H31N3O2S/c1-3-4-5-6-7-13(2)16-20(18,19)17-10-8-14(12-15)9-11-17/h13-14,16H,3-12,15H2,1-2H3. The topological polar surface area (TPSA) is 75.4 Å². The molecular formula is C14H31N3O2S. The maximum Gasteiger partial charge on any atom is 0.279 e. The van der Waals surface area contributed by atoms with E-state index in [-0.39, 0.29) is 6.04 Å². The number of nitrogens with two attached hydrogens (primary N) is 1. The maximum absolute atomic E-state index is 12.3. The van der Waals surface area contributed by atoms with Crippen molar-refractivity contribution in [2.75, 3.05) is 19.6 Å². The van der Waals surface area contributed by atoms with Crippen LogP contribution in [0.4, 0.5) is 0 Å². The Kier molecular flexibility index (Phi) is 8.02. The van der Waals surface area contributed by atoms with E-state index >= 15 is 0 Å². The Balaban J connectivity index is 2.33. The zero-order chi connectivity index (χ0) is 15.0. The Morgan fingerprint density at radius 1 is 1.25 bits per heavy atom. The van der Waals surface area contributed by atoms with E-state index in [1.807, 2.05) is 6.92 Å². The van der Waals surface area contributed by atoms with Gasteiger partial charge in [-0.25, -0.2) is 0 Å². The molecule has 1 heterocycles. The summed E-state index contributed by atoms with van der Waals surface area (Å²) in [6.45, 7) is 5.99. The fourth-order valence-electron chi connectivity index (χ4n) is 2.65. The van der Waals surface area contributed by atoms with Crippen LogP contribution in [0.1, 0.15) is 58.8 Å². The van der Waals surface area contributed by atoms with Gasteiger partial charge in [-0.3, -0.25) is 0 Å². The highest BCUT2D eigenvalue weighted by Crippen LogP contribution is 2.18. The van der Waals surface area contributed by atoms with Crippen molar-refractivity contribution in [1.82, 2.24) is 9.03 Å². The van der Waals surface area contributed by atoms with Crippen molar-refractivity contribution in [3.05, 3.63) is 0 Å². The molecule has 1 aliphatic rings. The summed E-state index contributed by atoms with van der Waals surface area (Å²) in [5.74, 6) is 0.480. The number of piperidine rings is 1. The summed E-state index contributed by atoms with van der Waals surface area (Å²) in [4.78, 5) is 0. The van der Waals surface area contributed by atoms with Gasteiger partial charge in [0.05, 0.1) is 0 Å². The second kappa shape index (κ2) is 8.97. The van der Waals surface area contributed by atoms with Crippen LogP contribution >= 0.6 is 0 Å². The minimum atomic E-state index is -3.31. The Bertz CT molecular complexity index is 351. The molecule has 5 nitrogen and oxygen atoms in total. The highest BCUT2D eigenvalue weighted by Gasteiger charge is 2.28. The second-order valence-electron chi connectivity index (χ2n) is 5.95. The van der Waals surface area contributed by atoms with Gasteiger partial charge in [0.15, 0.2) is 0 Å². The molecule has 1 aliphatic heterocycles. The number of nitrogens with one attached hydrogen (secondary N) is 1. The van der Waals surface area contributed by atoms with Gasteiger partial charge in [-0.2, -0.15) is 17.4 Å². The van der Waals surface area contributed by atoms with E-state index in [2.05, 4.69) is 11.6 Å². The lowest BCUT2D eigenvalue weighted by Gasteiger charge is -2.31. The summed E-state index contributed by atoms with van der Waals surface area (Å²) in [6.07, 6.45) is 7.38. The monoisotopic (exact) mass is 305 g/mol. The van der Waals surface area contributed by atoms with Gasteiger partial charge in [-0.05, 0) is 38.6 Å². The van der Waals surface area contributed by atoms with Gasteiger partial charge in [0.25, 0.3) is 10.2 Å². The summed E-state index contributed by atoms with van der Waals surface area (Å²) in [5, 5.41) is 0. The van der Waals surface area contributed by atoms with E-state index in [1.54, 1.807) is 4.31 Å². The van der Waals surface area contributed by atoms with E-state index in [9.17, 15) is 8.42 Å². The van der Waals surface area contributed by atoms with Crippen LogP contribution in [0.5, 0.6) is 0 Å². The Morgan fingerprint density at radius 2 is 1.90 bits per heavy atom. The van der Waals surface area contributed by atoms with Crippen LogP contribution in [0.25, 0.3) is 0 Å². The fraction of sp³-hybridized carbons (Fsp3) is 1.00. The molecule has 1 atom stereocenters. The number of unbranched alkanes of at least 4 members (excludes halogenated alkanes) is 3. The zero-order valence-corrected chi connectivity index (χ0v) is 13.8. The largest absolute Gasteiger partial charge is 0.330 e. The van der Waals surface area contributed by atoms with Crippen LogP contribution in [-0.4, -0.2) is 38.4 Å². The maximum atomic E-state index is 12.3. The lowest BCUT2D eigenvalue weighted by Crippen LogP contribution is -2.48. The second-order valence-corrected chi connectivity index (χ2v) is 7.65. The molecule has 0 amide bonds. The predicted molar refractivity (Wildman–Crippen MR) is 83.6 cm³/mol. The number of nitrogens with zero attached hydrogens (tertiary/aromatic N) is 1.